The Morgan fingerprint density at radius 2 is 1.54 bits per heavy atom. The maximum atomic E-state index is 13.0. The minimum Gasteiger partial charge on any atom is -0.352 e. The Bertz CT molecular complexity index is 496. The molecule has 1 amide bonds. The van der Waals surface area contributed by atoms with Gasteiger partial charge in [0.2, 0.25) is 5.91 Å². The summed E-state index contributed by atoms with van der Waals surface area (Å²) in [6.45, 7) is 3.67. The van der Waals surface area contributed by atoms with Gasteiger partial charge in [0.1, 0.15) is 5.25 Å². The van der Waals surface area contributed by atoms with Crippen molar-refractivity contribution in [2.45, 2.75) is 94.2 Å². The molecule has 2 rings (SSSR count). The third kappa shape index (κ3) is 5.33. The maximum Gasteiger partial charge on any atom is 0.238 e. The Hall–Kier alpha value is -0.330. The van der Waals surface area contributed by atoms with Crippen LogP contribution in [0.25, 0.3) is 0 Å². The fraction of sp³-hybridized carbons (Fsp3) is 0.941. The van der Waals surface area contributed by atoms with Gasteiger partial charge in [-0.1, -0.05) is 33.1 Å². The number of hydrogen-bond donors (Lipinski definition) is 2. The van der Waals surface area contributed by atoms with Crippen molar-refractivity contribution in [1.82, 2.24) is 5.32 Å². The summed E-state index contributed by atoms with van der Waals surface area (Å²) in [7, 11) is -3.42. The molecule has 2 fully saturated rings. The van der Waals surface area contributed by atoms with Gasteiger partial charge in [-0.3, -0.25) is 4.79 Å². The fourth-order valence-electron chi connectivity index (χ4n) is 3.98. The molecule has 3 N–H and O–H groups in total. The van der Waals surface area contributed by atoms with E-state index < -0.39 is 15.1 Å². The van der Waals surface area contributed by atoms with Crippen LogP contribution in [0.15, 0.2) is 0 Å². The molecule has 1 atom stereocenters. The van der Waals surface area contributed by atoms with E-state index in [1.54, 1.807) is 0 Å². The van der Waals surface area contributed by atoms with Crippen molar-refractivity contribution in [3.05, 3.63) is 0 Å². The number of hydrogen-bond acceptors (Lipinski definition) is 4. The van der Waals surface area contributed by atoms with E-state index >= 15 is 0 Å². The first-order chi connectivity index (χ1) is 10.8. The molecule has 0 aromatic rings. The quantitative estimate of drug-likeness (QED) is 0.767. The summed E-state index contributed by atoms with van der Waals surface area (Å²) >= 11 is 0. The van der Waals surface area contributed by atoms with E-state index in [2.05, 4.69) is 5.32 Å². The Balaban J connectivity index is 0.00000288. The van der Waals surface area contributed by atoms with E-state index in [0.29, 0.717) is 12.8 Å². The zero-order valence-electron chi connectivity index (χ0n) is 14.9. The molecule has 2 aliphatic carbocycles. The summed E-state index contributed by atoms with van der Waals surface area (Å²) < 4.78 is 26.0. The second-order valence-electron chi connectivity index (χ2n) is 7.63. The number of carbonyl (C=O) groups excluding carboxylic acids is 1. The van der Waals surface area contributed by atoms with E-state index in [1.807, 2.05) is 13.8 Å². The van der Waals surface area contributed by atoms with Crippen LogP contribution in [0.4, 0.5) is 0 Å². The van der Waals surface area contributed by atoms with Crippen molar-refractivity contribution in [3.8, 4) is 0 Å². The molecule has 0 aromatic carbocycles. The first-order valence-corrected chi connectivity index (χ1v) is 10.7. The first-order valence-electron chi connectivity index (χ1n) is 9.11. The third-order valence-electron chi connectivity index (χ3n) is 5.35. The Labute approximate surface area is 152 Å². The lowest BCUT2D eigenvalue weighted by molar-refractivity contribution is -0.122. The number of sulfone groups is 1. The zero-order valence-corrected chi connectivity index (χ0v) is 16.5. The van der Waals surface area contributed by atoms with Crippen LogP contribution >= 0.6 is 12.4 Å². The number of rotatable bonds is 5. The molecule has 2 aliphatic rings. The van der Waals surface area contributed by atoms with Crippen molar-refractivity contribution < 1.29 is 13.2 Å². The van der Waals surface area contributed by atoms with E-state index in [1.165, 1.54) is 0 Å². The van der Waals surface area contributed by atoms with Gasteiger partial charge in [0.15, 0.2) is 9.84 Å². The summed E-state index contributed by atoms with van der Waals surface area (Å²) in [5.74, 6) is -0.501. The molecule has 0 aromatic heterocycles. The highest BCUT2D eigenvalue weighted by Gasteiger charge is 2.41. The Morgan fingerprint density at radius 3 is 2.04 bits per heavy atom. The topological polar surface area (TPSA) is 89.3 Å². The molecule has 0 radical (unpaired) electrons. The molecule has 0 saturated heterocycles. The summed E-state index contributed by atoms with van der Waals surface area (Å²) in [6, 6.07) is 0.292. The highest BCUT2D eigenvalue weighted by Crippen LogP contribution is 2.29. The standard InChI is InChI=1S/C17H32N2O3S.ClH/c1-12(2)16(23(21,22)15-6-4-3-5-7-15)17(20)19-14-10-8-13(18)9-11-14;/h12-16H,3-11,18H2,1-2H3,(H,19,20);1H. The van der Waals surface area contributed by atoms with Crippen LogP contribution in [0.5, 0.6) is 0 Å². The monoisotopic (exact) mass is 380 g/mol. The average Bonchev–Trinajstić information content (AvgIpc) is 2.50. The molecule has 0 bridgehead atoms. The number of halogens is 1. The van der Waals surface area contributed by atoms with Crippen LogP contribution in [0.3, 0.4) is 0 Å². The minimum absolute atomic E-state index is 0. The van der Waals surface area contributed by atoms with Gasteiger partial charge >= 0.3 is 0 Å². The molecule has 142 valence electrons. The minimum atomic E-state index is -3.42. The van der Waals surface area contributed by atoms with Gasteiger partial charge < -0.3 is 11.1 Å². The van der Waals surface area contributed by atoms with Crippen LogP contribution < -0.4 is 11.1 Å². The molecule has 5 nitrogen and oxygen atoms in total. The van der Waals surface area contributed by atoms with Crippen molar-refractivity contribution >= 4 is 28.2 Å². The normalized spacial score (nSPS) is 27.3. The Kier molecular flexibility index (Phi) is 8.50. The third-order valence-corrected chi connectivity index (χ3v) is 8.22. The molecule has 1 unspecified atom stereocenters. The molecule has 2 saturated carbocycles. The summed E-state index contributed by atoms with van der Waals surface area (Å²) in [4.78, 5) is 12.7. The van der Waals surface area contributed by atoms with E-state index in [-0.39, 0.29) is 41.6 Å². The number of carbonyl (C=O) groups is 1. The maximum absolute atomic E-state index is 13.0. The largest absolute Gasteiger partial charge is 0.352 e. The van der Waals surface area contributed by atoms with Crippen molar-refractivity contribution in [1.29, 1.82) is 0 Å². The van der Waals surface area contributed by atoms with Crippen LogP contribution in [-0.4, -0.2) is 36.9 Å². The van der Waals surface area contributed by atoms with Crippen molar-refractivity contribution in [2.75, 3.05) is 0 Å². The smallest absolute Gasteiger partial charge is 0.238 e. The molecule has 0 spiro atoms. The molecule has 0 heterocycles. The van der Waals surface area contributed by atoms with E-state index in [9.17, 15) is 13.2 Å². The second kappa shape index (κ2) is 9.39. The first kappa shape index (κ1) is 21.7. The summed E-state index contributed by atoms with van der Waals surface area (Å²) in [6.07, 6.45) is 7.91. The molecular weight excluding hydrogens is 348 g/mol. The molecule has 0 aliphatic heterocycles. The lowest BCUT2D eigenvalue weighted by Crippen LogP contribution is -2.51. The van der Waals surface area contributed by atoms with Gasteiger partial charge in [-0.2, -0.15) is 0 Å². The van der Waals surface area contributed by atoms with Crippen LogP contribution in [-0.2, 0) is 14.6 Å². The summed E-state index contributed by atoms with van der Waals surface area (Å²) in [5.41, 5.74) is 5.89. The van der Waals surface area contributed by atoms with Gasteiger partial charge in [-0.15, -0.1) is 12.4 Å². The van der Waals surface area contributed by atoms with Gasteiger partial charge in [-0.05, 0) is 44.4 Å². The van der Waals surface area contributed by atoms with Crippen molar-refractivity contribution in [2.24, 2.45) is 11.7 Å². The SMILES string of the molecule is CC(C)C(C(=O)NC1CCC(N)CC1)S(=O)(=O)C1CCCCC1.Cl. The highest BCUT2D eigenvalue weighted by molar-refractivity contribution is 7.93. The Morgan fingerprint density at radius 1 is 1.00 bits per heavy atom. The number of nitrogens with one attached hydrogen (secondary N) is 1. The molecule has 7 heteroatoms. The number of amides is 1. The lowest BCUT2D eigenvalue weighted by Gasteiger charge is -2.31. The highest BCUT2D eigenvalue weighted by atomic mass is 35.5. The second-order valence-corrected chi connectivity index (χ2v) is 9.99. The summed E-state index contributed by atoms with van der Waals surface area (Å²) in [5, 5.41) is 1.74. The van der Waals surface area contributed by atoms with Gasteiger partial charge in [0, 0.05) is 12.1 Å². The molecular formula is C17H33ClN2O3S. The average molecular weight is 381 g/mol. The number of nitrogens with two attached hydrogens (primary N) is 1. The van der Waals surface area contributed by atoms with Crippen LogP contribution in [0.1, 0.15) is 71.6 Å². The van der Waals surface area contributed by atoms with Gasteiger partial charge in [-0.25, -0.2) is 8.42 Å². The van der Waals surface area contributed by atoms with Gasteiger partial charge in [0.05, 0.1) is 5.25 Å². The van der Waals surface area contributed by atoms with Crippen molar-refractivity contribution in [3.63, 3.8) is 0 Å². The fourth-order valence-corrected chi connectivity index (χ4v) is 6.51. The van der Waals surface area contributed by atoms with Gasteiger partial charge in [0.25, 0.3) is 0 Å². The van der Waals surface area contributed by atoms with E-state index in [4.69, 9.17) is 5.73 Å². The zero-order chi connectivity index (χ0) is 17.0. The predicted octanol–water partition coefficient (Wildman–Crippen LogP) is 2.57. The molecule has 24 heavy (non-hydrogen) atoms. The van der Waals surface area contributed by atoms with Crippen LogP contribution in [0.2, 0.25) is 0 Å². The predicted molar refractivity (Wildman–Crippen MR) is 100 cm³/mol. The lowest BCUT2D eigenvalue weighted by atomic mass is 9.91. The van der Waals surface area contributed by atoms with Crippen LogP contribution in [0, 0.1) is 5.92 Å². The van der Waals surface area contributed by atoms with E-state index in [0.717, 1.165) is 44.9 Å².